The summed E-state index contributed by atoms with van der Waals surface area (Å²) in [5.74, 6) is 0.00428. The molecule has 0 aromatic carbocycles. The van der Waals surface area contributed by atoms with Gasteiger partial charge in [-0.2, -0.15) is 0 Å². The molecule has 1 atom stereocenters. The highest BCUT2D eigenvalue weighted by Crippen LogP contribution is 2.10. The molecule has 0 saturated heterocycles. The first-order valence-electron chi connectivity index (χ1n) is 6.28. The number of oxime groups is 1. The summed E-state index contributed by atoms with van der Waals surface area (Å²) in [6, 6.07) is 9.63. The van der Waals surface area contributed by atoms with E-state index in [9.17, 15) is 0 Å². The lowest BCUT2D eigenvalue weighted by Crippen LogP contribution is -2.20. The third kappa shape index (κ3) is 3.52. The van der Waals surface area contributed by atoms with E-state index >= 15 is 0 Å². The van der Waals surface area contributed by atoms with Crippen molar-refractivity contribution in [3.63, 3.8) is 0 Å². The molecule has 0 aliphatic heterocycles. The van der Waals surface area contributed by atoms with E-state index < -0.39 is 0 Å². The zero-order valence-corrected chi connectivity index (χ0v) is 11.2. The highest BCUT2D eigenvalue weighted by Gasteiger charge is 2.07. The van der Waals surface area contributed by atoms with Gasteiger partial charge in [-0.1, -0.05) is 11.2 Å². The van der Waals surface area contributed by atoms with Crippen molar-refractivity contribution in [2.24, 2.45) is 10.9 Å². The summed E-state index contributed by atoms with van der Waals surface area (Å²) in [5, 5.41) is 15.0. The van der Waals surface area contributed by atoms with Gasteiger partial charge in [0.2, 0.25) is 0 Å². The first-order valence-corrected chi connectivity index (χ1v) is 6.28. The van der Waals surface area contributed by atoms with Gasteiger partial charge in [0.1, 0.15) is 5.69 Å². The maximum absolute atomic E-state index is 8.64. The van der Waals surface area contributed by atoms with E-state index in [-0.39, 0.29) is 11.9 Å². The maximum atomic E-state index is 8.64. The number of hydrogen-bond donors (Lipinski definition) is 3. The average Bonchev–Trinajstić information content (AvgIpc) is 2.53. The maximum Gasteiger partial charge on any atom is 0.188 e. The van der Waals surface area contributed by atoms with Crippen molar-refractivity contribution in [3.05, 3.63) is 59.7 Å². The lowest BCUT2D eigenvalue weighted by molar-refractivity contribution is 0.318. The predicted octanol–water partition coefficient (Wildman–Crippen LogP) is 1.42. The second-order valence-corrected chi connectivity index (χ2v) is 4.39. The van der Waals surface area contributed by atoms with E-state index in [1.54, 1.807) is 18.5 Å². The minimum absolute atomic E-state index is 0.00428. The summed E-state index contributed by atoms with van der Waals surface area (Å²) in [4.78, 5) is 8.34. The molecule has 20 heavy (non-hydrogen) atoms. The number of rotatable bonds is 5. The fraction of sp³-hybridized carbons (Fsp3) is 0.214. The van der Waals surface area contributed by atoms with E-state index in [1.165, 1.54) is 0 Å². The summed E-state index contributed by atoms with van der Waals surface area (Å²) in [7, 11) is 0. The molecule has 4 N–H and O–H groups in total. The molecule has 6 nitrogen and oxygen atoms in total. The van der Waals surface area contributed by atoms with Crippen LogP contribution >= 0.6 is 0 Å². The predicted molar refractivity (Wildman–Crippen MR) is 76.2 cm³/mol. The number of aromatic nitrogens is 2. The van der Waals surface area contributed by atoms with E-state index in [4.69, 9.17) is 10.9 Å². The topological polar surface area (TPSA) is 96.4 Å². The molecular formula is C14H17N5O. The zero-order chi connectivity index (χ0) is 14.4. The van der Waals surface area contributed by atoms with Gasteiger partial charge in [0, 0.05) is 25.0 Å². The Morgan fingerprint density at radius 2 is 2.20 bits per heavy atom. The van der Waals surface area contributed by atoms with Crippen LogP contribution in [0.5, 0.6) is 0 Å². The van der Waals surface area contributed by atoms with Gasteiger partial charge in [-0.15, -0.1) is 0 Å². The summed E-state index contributed by atoms with van der Waals surface area (Å²) in [5.41, 5.74) is 7.96. The number of pyridine rings is 2. The van der Waals surface area contributed by atoms with Crippen molar-refractivity contribution < 1.29 is 5.21 Å². The SMILES string of the molecule is C[C@H](NCc1ccnc(/C(N)=N/O)c1)c1ccccn1. The largest absolute Gasteiger partial charge is 0.409 e. The fourth-order valence-electron chi connectivity index (χ4n) is 1.78. The van der Waals surface area contributed by atoms with Crippen LogP contribution in [0.1, 0.15) is 29.9 Å². The number of amidine groups is 1. The van der Waals surface area contributed by atoms with Gasteiger partial charge < -0.3 is 16.3 Å². The van der Waals surface area contributed by atoms with Crippen molar-refractivity contribution in [1.29, 1.82) is 0 Å². The van der Waals surface area contributed by atoms with Crippen LogP contribution in [0, 0.1) is 0 Å². The molecule has 0 amide bonds. The minimum atomic E-state index is 0.00428. The van der Waals surface area contributed by atoms with Crippen LogP contribution in [0.2, 0.25) is 0 Å². The monoisotopic (exact) mass is 271 g/mol. The average molecular weight is 271 g/mol. The third-order valence-corrected chi connectivity index (χ3v) is 2.94. The van der Waals surface area contributed by atoms with Gasteiger partial charge in [-0.05, 0) is 36.8 Å². The van der Waals surface area contributed by atoms with Crippen molar-refractivity contribution >= 4 is 5.84 Å². The van der Waals surface area contributed by atoms with E-state index in [1.807, 2.05) is 31.2 Å². The second-order valence-electron chi connectivity index (χ2n) is 4.39. The molecule has 2 heterocycles. The molecule has 0 aliphatic rings. The Labute approximate surface area is 117 Å². The number of nitrogens with zero attached hydrogens (tertiary/aromatic N) is 3. The van der Waals surface area contributed by atoms with Gasteiger partial charge in [0.05, 0.1) is 5.69 Å². The molecule has 0 radical (unpaired) electrons. The Hall–Kier alpha value is -2.47. The van der Waals surface area contributed by atoms with Crippen molar-refractivity contribution in [3.8, 4) is 0 Å². The molecule has 0 saturated carbocycles. The van der Waals surface area contributed by atoms with Crippen LogP contribution in [-0.2, 0) is 6.54 Å². The fourth-order valence-corrected chi connectivity index (χ4v) is 1.78. The summed E-state index contributed by atoms with van der Waals surface area (Å²) in [6.45, 7) is 2.69. The number of nitrogens with one attached hydrogen (secondary N) is 1. The molecule has 0 spiro atoms. The van der Waals surface area contributed by atoms with Crippen molar-refractivity contribution in [2.45, 2.75) is 19.5 Å². The smallest absolute Gasteiger partial charge is 0.188 e. The number of nitrogens with two attached hydrogens (primary N) is 1. The van der Waals surface area contributed by atoms with Gasteiger partial charge >= 0.3 is 0 Å². The second kappa shape index (κ2) is 6.63. The van der Waals surface area contributed by atoms with Crippen LogP contribution in [-0.4, -0.2) is 21.0 Å². The Kier molecular flexibility index (Phi) is 4.62. The van der Waals surface area contributed by atoms with Gasteiger partial charge in [0.15, 0.2) is 5.84 Å². The van der Waals surface area contributed by atoms with Gasteiger partial charge in [-0.25, -0.2) is 0 Å². The lowest BCUT2D eigenvalue weighted by Gasteiger charge is -2.13. The highest BCUT2D eigenvalue weighted by atomic mass is 16.4. The van der Waals surface area contributed by atoms with Gasteiger partial charge in [0.25, 0.3) is 0 Å². The van der Waals surface area contributed by atoms with E-state index in [2.05, 4.69) is 20.4 Å². The van der Waals surface area contributed by atoms with Crippen LogP contribution in [0.15, 0.2) is 47.9 Å². The molecule has 2 aromatic rings. The van der Waals surface area contributed by atoms with Crippen LogP contribution < -0.4 is 11.1 Å². The molecule has 0 aliphatic carbocycles. The number of hydrogen-bond acceptors (Lipinski definition) is 5. The van der Waals surface area contributed by atoms with Crippen LogP contribution in [0.25, 0.3) is 0 Å². The molecule has 2 aromatic heterocycles. The lowest BCUT2D eigenvalue weighted by atomic mass is 10.1. The summed E-state index contributed by atoms with van der Waals surface area (Å²) < 4.78 is 0. The standard InChI is InChI=1S/C14H17N5O/c1-10(12-4-2-3-6-16-12)18-9-11-5-7-17-13(8-11)14(15)19-20/h2-8,10,18,20H,9H2,1H3,(H2,15,19)/t10-/m0/s1. The normalized spacial score (nSPS) is 13.2. The Balaban J connectivity index is 2.01. The van der Waals surface area contributed by atoms with E-state index in [0.29, 0.717) is 12.2 Å². The van der Waals surface area contributed by atoms with Crippen LogP contribution in [0.3, 0.4) is 0 Å². The minimum Gasteiger partial charge on any atom is -0.409 e. The summed E-state index contributed by atoms with van der Waals surface area (Å²) >= 11 is 0. The first kappa shape index (κ1) is 14.0. The Morgan fingerprint density at radius 1 is 1.35 bits per heavy atom. The quantitative estimate of drug-likeness (QED) is 0.331. The molecular weight excluding hydrogens is 254 g/mol. The Morgan fingerprint density at radius 3 is 2.90 bits per heavy atom. The van der Waals surface area contributed by atoms with Gasteiger partial charge in [-0.3, -0.25) is 9.97 Å². The Bertz CT molecular complexity index is 585. The first-order chi connectivity index (χ1) is 9.70. The molecule has 6 heteroatoms. The zero-order valence-electron chi connectivity index (χ0n) is 11.2. The third-order valence-electron chi connectivity index (χ3n) is 2.94. The molecule has 2 rings (SSSR count). The van der Waals surface area contributed by atoms with Crippen LogP contribution in [0.4, 0.5) is 0 Å². The molecule has 0 fully saturated rings. The molecule has 104 valence electrons. The summed E-state index contributed by atoms with van der Waals surface area (Å²) in [6.07, 6.45) is 3.41. The molecule has 0 unspecified atom stereocenters. The highest BCUT2D eigenvalue weighted by molar-refractivity contribution is 5.95. The molecule has 0 bridgehead atoms. The van der Waals surface area contributed by atoms with Crippen molar-refractivity contribution in [2.75, 3.05) is 0 Å². The van der Waals surface area contributed by atoms with E-state index in [0.717, 1.165) is 11.3 Å². The van der Waals surface area contributed by atoms with Crippen molar-refractivity contribution in [1.82, 2.24) is 15.3 Å².